The Morgan fingerprint density at radius 2 is 2.43 bits per heavy atom. The van der Waals surface area contributed by atoms with Crippen molar-refractivity contribution in [2.24, 2.45) is 15.8 Å². The van der Waals surface area contributed by atoms with Gasteiger partial charge < -0.3 is 5.73 Å². The molecule has 0 saturated carbocycles. The van der Waals surface area contributed by atoms with Crippen LogP contribution in [0.3, 0.4) is 0 Å². The minimum Gasteiger partial charge on any atom is -0.366 e. The van der Waals surface area contributed by atoms with Crippen LogP contribution in [0.25, 0.3) is 0 Å². The molecule has 0 radical (unpaired) electrons. The SMILES string of the molecule is N#CN=C(N)N=N. The molecule has 5 heteroatoms. The van der Waals surface area contributed by atoms with Gasteiger partial charge in [0.2, 0.25) is 12.2 Å². The summed E-state index contributed by atoms with van der Waals surface area (Å²) >= 11 is 0. The summed E-state index contributed by atoms with van der Waals surface area (Å²) in [6.07, 6.45) is 1.37. The molecule has 0 bridgehead atoms. The monoisotopic (exact) mass is 97.0 g/mol. The van der Waals surface area contributed by atoms with Crippen LogP contribution in [0.15, 0.2) is 10.1 Å². The van der Waals surface area contributed by atoms with E-state index in [1.54, 1.807) is 0 Å². The molecule has 5 nitrogen and oxygen atoms in total. The Morgan fingerprint density at radius 3 is 2.57 bits per heavy atom. The van der Waals surface area contributed by atoms with E-state index in [4.69, 9.17) is 16.5 Å². The van der Waals surface area contributed by atoms with E-state index < -0.39 is 0 Å². The van der Waals surface area contributed by atoms with E-state index >= 15 is 0 Å². The van der Waals surface area contributed by atoms with Gasteiger partial charge in [-0.15, -0.1) is 10.1 Å². The summed E-state index contributed by atoms with van der Waals surface area (Å²) in [6.45, 7) is 0. The average molecular weight is 97.1 g/mol. The number of rotatable bonds is 0. The molecular weight excluding hydrogens is 94.1 g/mol. The van der Waals surface area contributed by atoms with Gasteiger partial charge in [0.1, 0.15) is 0 Å². The maximum Gasteiger partial charge on any atom is 0.249 e. The second-order valence-electron chi connectivity index (χ2n) is 0.682. The number of nitrogens with zero attached hydrogens (tertiary/aromatic N) is 3. The van der Waals surface area contributed by atoms with Gasteiger partial charge in [-0.3, -0.25) is 0 Å². The lowest BCUT2D eigenvalue weighted by Gasteiger charge is -1.74. The highest BCUT2D eigenvalue weighted by molar-refractivity contribution is 5.78. The van der Waals surface area contributed by atoms with Gasteiger partial charge in [-0.25, -0.2) is 5.53 Å². The van der Waals surface area contributed by atoms with E-state index in [0.717, 1.165) is 0 Å². The lowest BCUT2D eigenvalue weighted by atomic mass is 11.0. The van der Waals surface area contributed by atoms with Crippen molar-refractivity contribution < 1.29 is 0 Å². The van der Waals surface area contributed by atoms with Crippen LogP contribution in [0.4, 0.5) is 0 Å². The summed E-state index contributed by atoms with van der Waals surface area (Å²) in [5.74, 6) is -0.317. The molecule has 0 saturated heterocycles. The first-order valence-corrected chi connectivity index (χ1v) is 1.41. The van der Waals surface area contributed by atoms with Gasteiger partial charge in [0.15, 0.2) is 0 Å². The molecule has 0 fully saturated rings. The second kappa shape index (κ2) is 2.78. The predicted molar refractivity (Wildman–Crippen MR) is 22.4 cm³/mol. The third-order valence-corrected chi connectivity index (χ3v) is 0.279. The highest BCUT2D eigenvalue weighted by atomic mass is 15.1. The molecule has 0 aromatic heterocycles. The van der Waals surface area contributed by atoms with Gasteiger partial charge in [-0.05, 0) is 0 Å². The summed E-state index contributed by atoms with van der Waals surface area (Å²) in [4.78, 5) is 2.89. The van der Waals surface area contributed by atoms with Crippen LogP contribution in [-0.4, -0.2) is 5.96 Å². The fourth-order valence-electron chi connectivity index (χ4n) is 0.0762. The Balaban J connectivity index is 3.80. The molecule has 0 aliphatic carbocycles. The molecule has 36 valence electrons. The summed E-state index contributed by atoms with van der Waals surface area (Å²) in [5, 5.41) is 10.3. The van der Waals surface area contributed by atoms with E-state index in [1.165, 1.54) is 6.19 Å². The van der Waals surface area contributed by atoms with E-state index in [0.29, 0.717) is 0 Å². The zero-order valence-electron chi connectivity index (χ0n) is 3.42. The molecular formula is C2H3N5. The normalized spacial score (nSPS) is 9.86. The maximum absolute atomic E-state index is 7.71. The van der Waals surface area contributed by atoms with Gasteiger partial charge in [-0.1, -0.05) is 0 Å². The molecule has 0 amide bonds. The second-order valence-corrected chi connectivity index (χ2v) is 0.682. The van der Waals surface area contributed by atoms with Crippen LogP contribution < -0.4 is 5.73 Å². The lowest BCUT2D eigenvalue weighted by molar-refractivity contribution is 1.16. The van der Waals surface area contributed by atoms with E-state index in [-0.39, 0.29) is 5.96 Å². The summed E-state index contributed by atoms with van der Waals surface area (Å²) in [5.41, 5.74) is 10.9. The largest absolute Gasteiger partial charge is 0.366 e. The molecule has 0 rings (SSSR count). The van der Waals surface area contributed by atoms with Gasteiger partial charge in [-0.2, -0.15) is 5.26 Å². The summed E-state index contributed by atoms with van der Waals surface area (Å²) in [6, 6.07) is 0. The van der Waals surface area contributed by atoms with Crippen molar-refractivity contribution in [3.8, 4) is 6.19 Å². The number of nitrogens with two attached hydrogens (primary N) is 1. The van der Waals surface area contributed by atoms with E-state index in [1.807, 2.05) is 0 Å². The van der Waals surface area contributed by atoms with Crippen LogP contribution in [-0.2, 0) is 0 Å². The fraction of sp³-hybridized carbons (Fsp3) is 0. The first kappa shape index (κ1) is 5.56. The minimum atomic E-state index is -0.317. The van der Waals surface area contributed by atoms with E-state index in [2.05, 4.69) is 10.1 Å². The zero-order valence-corrected chi connectivity index (χ0v) is 3.42. The molecule has 3 N–H and O–H groups in total. The number of nitriles is 1. The van der Waals surface area contributed by atoms with Crippen molar-refractivity contribution >= 4 is 5.96 Å². The Bertz CT molecular complexity index is 128. The van der Waals surface area contributed by atoms with Crippen LogP contribution in [0, 0.1) is 17.0 Å². The highest BCUT2D eigenvalue weighted by Crippen LogP contribution is 1.64. The zero-order chi connectivity index (χ0) is 5.70. The van der Waals surface area contributed by atoms with Crippen molar-refractivity contribution in [3.05, 3.63) is 0 Å². The van der Waals surface area contributed by atoms with Crippen molar-refractivity contribution in [1.29, 1.82) is 10.8 Å². The van der Waals surface area contributed by atoms with Gasteiger partial charge >= 0.3 is 0 Å². The Hall–Kier alpha value is -1.44. The third-order valence-electron chi connectivity index (χ3n) is 0.279. The number of hydrogen-bond acceptors (Lipinski definition) is 3. The molecule has 0 aliphatic rings. The standard InChI is InChI=1S/C2H3N5/c3-1-6-2(4)7-5/h5H,(H2,4,6). The molecule has 0 unspecified atom stereocenters. The predicted octanol–water partition coefficient (Wildman–Crippen LogP) is -0.187. The minimum absolute atomic E-state index is 0.317. The van der Waals surface area contributed by atoms with Crippen molar-refractivity contribution in [2.75, 3.05) is 0 Å². The highest BCUT2D eigenvalue weighted by Gasteiger charge is 1.76. The molecule has 7 heavy (non-hydrogen) atoms. The lowest BCUT2D eigenvalue weighted by Crippen LogP contribution is -2.05. The smallest absolute Gasteiger partial charge is 0.249 e. The van der Waals surface area contributed by atoms with Gasteiger partial charge in [0.25, 0.3) is 0 Å². The first-order valence-electron chi connectivity index (χ1n) is 1.41. The molecule has 0 heterocycles. The van der Waals surface area contributed by atoms with Gasteiger partial charge in [0.05, 0.1) is 0 Å². The number of aliphatic imine (C=N–C) groups is 1. The molecule has 0 aromatic carbocycles. The van der Waals surface area contributed by atoms with Crippen molar-refractivity contribution in [2.45, 2.75) is 0 Å². The summed E-state index contributed by atoms with van der Waals surface area (Å²) < 4.78 is 0. The maximum atomic E-state index is 7.71. The average Bonchev–Trinajstić information content (AvgIpc) is 1.68. The molecule has 0 aliphatic heterocycles. The van der Waals surface area contributed by atoms with Crippen LogP contribution >= 0.6 is 0 Å². The first-order chi connectivity index (χ1) is 3.31. The van der Waals surface area contributed by atoms with Crippen LogP contribution in [0.2, 0.25) is 0 Å². The third kappa shape index (κ3) is 2.36. The Kier molecular flexibility index (Phi) is 2.21. The quantitative estimate of drug-likeness (QED) is 0.189. The fourth-order valence-corrected chi connectivity index (χ4v) is 0.0762. The Morgan fingerprint density at radius 1 is 1.86 bits per heavy atom. The summed E-state index contributed by atoms with van der Waals surface area (Å²) in [7, 11) is 0. The van der Waals surface area contributed by atoms with Crippen LogP contribution in [0.5, 0.6) is 0 Å². The molecule has 0 atom stereocenters. The number of nitrogens with one attached hydrogen (secondary N) is 1. The number of hydrogen-bond donors (Lipinski definition) is 2. The molecule has 0 spiro atoms. The molecule has 0 aromatic rings. The van der Waals surface area contributed by atoms with Crippen molar-refractivity contribution in [3.63, 3.8) is 0 Å². The Labute approximate surface area is 40.0 Å². The van der Waals surface area contributed by atoms with Crippen LogP contribution in [0.1, 0.15) is 0 Å². The van der Waals surface area contributed by atoms with Crippen molar-refractivity contribution in [1.82, 2.24) is 0 Å². The van der Waals surface area contributed by atoms with E-state index in [9.17, 15) is 0 Å². The van der Waals surface area contributed by atoms with Gasteiger partial charge in [0, 0.05) is 0 Å². The number of guanidine groups is 1. The topological polar surface area (TPSA) is 98.4 Å².